The standard InChI is InChI=1S/C16H26N2O3/c1-4-16(5-2,6-3)18-14(19)11-17-13-9-7-12(8-10-13)15(20)21/h1,12-13,17H,5-11H2,2-3H3,(H,18,19)(H,20,21). The predicted molar refractivity (Wildman–Crippen MR) is 81.7 cm³/mol. The quantitative estimate of drug-likeness (QED) is 0.622. The maximum atomic E-state index is 12.0. The highest BCUT2D eigenvalue weighted by Crippen LogP contribution is 2.24. The van der Waals surface area contributed by atoms with Crippen molar-refractivity contribution in [3.63, 3.8) is 0 Å². The van der Waals surface area contributed by atoms with Crippen molar-refractivity contribution in [2.75, 3.05) is 6.54 Å². The number of nitrogens with one attached hydrogen (secondary N) is 2. The van der Waals surface area contributed by atoms with E-state index in [2.05, 4.69) is 16.6 Å². The summed E-state index contributed by atoms with van der Waals surface area (Å²) in [5, 5.41) is 15.1. The van der Waals surface area contributed by atoms with E-state index in [1.165, 1.54) is 0 Å². The Labute approximate surface area is 126 Å². The van der Waals surface area contributed by atoms with Gasteiger partial charge in [0.15, 0.2) is 0 Å². The molecule has 0 atom stereocenters. The number of hydrogen-bond acceptors (Lipinski definition) is 3. The lowest BCUT2D eigenvalue weighted by molar-refractivity contribution is -0.143. The van der Waals surface area contributed by atoms with Gasteiger partial charge in [-0.1, -0.05) is 19.8 Å². The van der Waals surface area contributed by atoms with Gasteiger partial charge < -0.3 is 15.7 Å². The molecule has 0 bridgehead atoms. The number of carboxylic acid groups (broad SMARTS) is 1. The summed E-state index contributed by atoms with van der Waals surface area (Å²) in [7, 11) is 0. The average Bonchev–Trinajstić information content (AvgIpc) is 2.51. The summed E-state index contributed by atoms with van der Waals surface area (Å²) in [6.07, 6.45) is 9.87. The van der Waals surface area contributed by atoms with E-state index < -0.39 is 11.5 Å². The van der Waals surface area contributed by atoms with Crippen molar-refractivity contribution in [3.8, 4) is 12.3 Å². The number of rotatable bonds is 7. The van der Waals surface area contributed by atoms with Crippen LogP contribution in [0.1, 0.15) is 52.4 Å². The summed E-state index contributed by atoms with van der Waals surface area (Å²) in [5.41, 5.74) is -0.556. The van der Waals surface area contributed by atoms with E-state index >= 15 is 0 Å². The molecule has 1 aliphatic rings. The third-order valence-electron chi connectivity index (χ3n) is 4.49. The van der Waals surface area contributed by atoms with Gasteiger partial charge in [-0.3, -0.25) is 9.59 Å². The summed E-state index contributed by atoms with van der Waals surface area (Å²) >= 11 is 0. The van der Waals surface area contributed by atoms with E-state index in [4.69, 9.17) is 11.5 Å². The zero-order chi connectivity index (χ0) is 15.9. The minimum Gasteiger partial charge on any atom is -0.481 e. The van der Waals surface area contributed by atoms with Crippen molar-refractivity contribution in [1.29, 1.82) is 0 Å². The van der Waals surface area contributed by atoms with Crippen LogP contribution < -0.4 is 10.6 Å². The summed E-state index contributed by atoms with van der Waals surface area (Å²) in [4.78, 5) is 22.9. The highest BCUT2D eigenvalue weighted by atomic mass is 16.4. The molecule has 0 heterocycles. The summed E-state index contributed by atoms with van der Waals surface area (Å²) < 4.78 is 0. The first-order chi connectivity index (χ1) is 9.96. The van der Waals surface area contributed by atoms with Crippen LogP contribution in [0.2, 0.25) is 0 Å². The fourth-order valence-electron chi connectivity index (χ4n) is 2.76. The lowest BCUT2D eigenvalue weighted by Gasteiger charge is -2.29. The molecule has 0 aromatic carbocycles. The Morgan fingerprint density at radius 1 is 1.24 bits per heavy atom. The minimum atomic E-state index is -0.712. The van der Waals surface area contributed by atoms with Gasteiger partial charge in [0.1, 0.15) is 5.54 Å². The highest BCUT2D eigenvalue weighted by molar-refractivity contribution is 5.79. The first-order valence-corrected chi connectivity index (χ1v) is 7.71. The summed E-state index contributed by atoms with van der Waals surface area (Å²) in [5.74, 6) is 1.63. The van der Waals surface area contributed by atoms with E-state index in [9.17, 15) is 9.59 Å². The fraction of sp³-hybridized carbons (Fsp3) is 0.750. The van der Waals surface area contributed by atoms with Crippen molar-refractivity contribution in [2.24, 2.45) is 5.92 Å². The SMILES string of the molecule is C#CC(CC)(CC)NC(=O)CNC1CCC(C(=O)O)CC1. The number of carbonyl (C=O) groups excluding carboxylic acids is 1. The van der Waals surface area contributed by atoms with E-state index in [0.717, 1.165) is 12.8 Å². The highest BCUT2D eigenvalue weighted by Gasteiger charge is 2.27. The van der Waals surface area contributed by atoms with Crippen LogP contribution in [0.15, 0.2) is 0 Å². The zero-order valence-corrected chi connectivity index (χ0v) is 12.9. The molecule has 0 spiro atoms. The Kier molecular flexibility index (Phi) is 6.70. The normalized spacial score (nSPS) is 22.3. The average molecular weight is 294 g/mol. The van der Waals surface area contributed by atoms with Gasteiger partial charge in [-0.25, -0.2) is 0 Å². The molecule has 0 unspecified atom stereocenters. The third-order valence-corrected chi connectivity index (χ3v) is 4.49. The largest absolute Gasteiger partial charge is 0.481 e. The van der Waals surface area contributed by atoms with Crippen LogP contribution in [-0.4, -0.2) is 35.1 Å². The maximum Gasteiger partial charge on any atom is 0.306 e. The second-order valence-electron chi connectivity index (χ2n) is 5.75. The van der Waals surface area contributed by atoms with Crippen molar-refractivity contribution in [3.05, 3.63) is 0 Å². The number of terminal acetylenes is 1. The van der Waals surface area contributed by atoms with Crippen molar-refractivity contribution in [2.45, 2.75) is 64.0 Å². The van der Waals surface area contributed by atoms with Crippen molar-refractivity contribution >= 4 is 11.9 Å². The van der Waals surface area contributed by atoms with Gasteiger partial charge in [-0.05, 0) is 38.5 Å². The zero-order valence-electron chi connectivity index (χ0n) is 12.9. The topological polar surface area (TPSA) is 78.4 Å². The molecular formula is C16H26N2O3. The van der Waals surface area contributed by atoms with Crippen molar-refractivity contribution < 1.29 is 14.7 Å². The van der Waals surface area contributed by atoms with Gasteiger partial charge in [0.2, 0.25) is 5.91 Å². The number of carboxylic acids is 1. The molecule has 5 heteroatoms. The Morgan fingerprint density at radius 3 is 2.24 bits per heavy atom. The fourth-order valence-corrected chi connectivity index (χ4v) is 2.76. The van der Waals surface area contributed by atoms with Crippen LogP contribution in [0.4, 0.5) is 0 Å². The van der Waals surface area contributed by atoms with Gasteiger partial charge >= 0.3 is 5.97 Å². The maximum absolute atomic E-state index is 12.0. The van der Waals surface area contributed by atoms with E-state index in [1.807, 2.05) is 13.8 Å². The molecule has 0 saturated heterocycles. The molecule has 0 aromatic rings. The Hall–Kier alpha value is -1.54. The van der Waals surface area contributed by atoms with Crippen LogP contribution >= 0.6 is 0 Å². The Morgan fingerprint density at radius 2 is 1.81 bits per heavy atom. The van der Waals surface area contributed by atoms with Gasteiger partial charge in [0, 0.05) is 6.04 Å². The first kappa shape index (κ1) is 17.5. The lowest BCUT2D eigenvalue weighted by atomic mass is 9.86. The number of amides is 1. The summed E-state index contributed by atoms with van der Waals surface area (Å²) in [6, 6.07) is 0.217. The van der Waals surface area contributed by atoms with E-state index in [-0.39, 0.29) is 24.4 Å². The predicted octanol–water partition coefficient (Wildman–Crippen LogP) is 1.53. The number of carbonyl (C=O) groups is 2. The van der Waals surface area contributed by atoms with Crippen LogP contribution in [0.25, 0.3) is 0 Å². The molecule has 0 radical (unpaired) electrons. The monoisotopic (exact) mass is 294 g/mol. The second-order valence-corrected chi connectivity index (χ2v) is 5.75. The molecule has 1 aliphatic carbocycles. The molecule has 5 nitrogen and oxygen atoms in total. The van der Waals surface area contributed by atoms with Gasteiger partial charge in [0.05, 0.1) is 12.5 Å². The van der Waals surface area contributed by atoms with E-state index in [0.29, 0.717) is 25.7 Å². The lowest BCUT2D eigenvalue weighted by Crippen LogP contribution is -2.50. The Balaban J connectivity index is 2.35. The molecule has 1 amide bonds. The molecule has 1 saturated carbocycles. The van der Waals surface area contributed by atoms with E-state index in [1.54, 1.807) is 0 Å². The van der Waals surface area contributed by atoms with Crippen LogP contribution in [-0.2, 0) is 9.59 Å². The molecule has 21 heavy (non-hydrogen) atoms. The summed E-state index contributed by atoms with van der Waals surface area (Å²) in [6.45, 7) is 4.15. The first-order valence-electron chi connectivity index (χ1n) is 7.71. The number of hydrogen-bond donors (Lipinski definition) is 3. The second kappa shape index (κ2) is 8.04. The molecule has 3 N–H and O–H groups in total. The minimum absolute atomic E-state index is 0.1000. The smallest absolute Gasteiger partial charge is 0.306 e. The Bertz CT molecular complexity index is 402. The van der Waals surface area contributed by atoms with Gasteiger partial charge in [-0.2, -0.15) is 0 Å². The molecule has 0 aliphatic heterocycles. The third kappa shape index (κ3) is 5.05. The van der Waals surface area contributed by atoms with Crippen LogP contribution in [0.5, 0.6) is 0 Å². The van der Waals surface area contributed by atoms with Crippen LogP contribution in [0.3, 0.4) is 0 Å². The molecular weight excluding hydrogens is 268 g/mol. The van der Waals surface area contributed by atoms with Crippen molar-refractivity contribution in [1.82, 2.24) is 10.6 Å². The van der Waals surface area contributed by atoms with Gasteiger partial charge in [-0.15, -0.1) is 6.42 Å². The molecule has 0 aromatic heterocycles. The van der Waals surface area contributed by atoms with Gasteiger partial charge in [0.25, 0.3) is 0 Å². The molecule has 118 valence electrons. The number of aliphatic carboxylic acids is 1. The molecule has 1 rings (SSSR count). The molecule has 1 fully saturated rings. The van der Waals surface area contributed by atoms with Crippen LogP contribution in [0, 0.1) is 18.3 Å².